The fourth-order valence-electron chi connectivity index (χ4n) is 2.97. The van der Waals surface area contributed by atoms with E-state index < -0.39 is 16.4 Å². The van der Waals surface area contributed by atoms with Crippen molar-refractivity contribution in [3.05, 3.63) is 39.7 Å². The third-order valence-electron chi connectivity index (χ3n) is 4.29. The Balaban J connectivity index is 1.91. The number of aliphatic hydroxyl groups excluding tert-OH is 1. The van der Waals surface area contributed by atoms with Crippen molar-refractivity contribution in [1.82, 2.24) is 5.32 Å². The van der Waals surface area contributed by atoms with Gasteiger partial charge in [-0.15, -0.1) is 0 Å². The molecule has 116 valence electrons. The second-order valence-corrected chi connectivity index (χ2v) is 5.87. The van der Waals surface area contributed by atoms with Crippen LogP contribution in [0.5, 0.6) is 0 Å². The number of aliphatic hydroxyl groups is 1. The molecule has 0 spiro atoms. The average Bonchev–Trinajstić information content (AvgIpc) is 2.48. The Bertz CT molecular complexity index is 502. The first-order valence-corrected chi connectivity index (χ1v) is 7.31. The summed E-state index contributed by atoms with van der Waals surface area (Å²) in [5, 5.41) is 23.4. The number of nitrogens with one attached hydrogen (secondary N) is 1. The molecule has 0 aromatic heterocycles. The van der Waals surface area contributed by atoms with Crippen LogP contribution in [-0.2, 0) is 6.54 Å². The molecule has 21 heavy (non-hydrogen) atoms. The molecule has 0 saturated heterocycles. The van der Waals surface area contributed by atoms with Crippen LogP contribution in [0.15, 0.2) is 18.2 Å². The van der Waals surface area contributed by atoms with Crippen molar-refractivity contribution < 1.29 is 14.4 Å². The van der Waals surface area contributed by atoms with Gasteiger partial charge < -0.3 is 10.4 Å². The lowest BCUT2D eigenvalue weighted by molar-refractivity contribution is -0.387. The zero-order chi connectivity index (χ0) is 15.3. The number of nitrogens with zero attached hydrogens (tertiary/aromatic N) is 1. The molecule has 2 N–H and O–H groups in total. The highest BCUT2D eigenvalue weighted by atomic mass is 19.1. The van der Waals surface area contributed by atoms with Gasteiger partial charge in [0, 0.05) is 31.2 Å². The second-order valence-electron chi connectivity index (χ2n) is 5.87. The summed E-state index contributed by atoms with van der Waals surface area (Å²) in [5.41, 5.74) is 0.0947. The van der Waals surface area contributed by atoms with Gasteiger partial charge in [-0.2, -0.15) is 4.39 Å². The lowest BCUT2D eigenvalue weighted by atomic mass is 9.74. The fourth-order valence-corrected chi connectivity index (χ4v) is 2.97. The molecule has 0 aliphatic heterocycles. The number of halogens is 1. The number of benzene rings is 1. The van der Waals surface area contributed by atoms with E-state index >= 15 is 0 Å². The first kappa shape index (κ1) is 15.9. The quantitative estimate of drug-likeness (QED) is 0.625. The van der Waals surface area contributed by atoms with E-state index in [-0.39, 0.29) is 12.0 Å². The third kappa shape index (κ3) is 3.98. The topological polar surface area (TPSA) is 75.4 Å². The number of hydrogen-bond acceptors (Lipinski definition) is 4. The van der Waals surface area contributed by atoms with Gasteiger partial charge in [-0.3, -0.25) is 10.1 Å². The molecule has 6 heteroatoms. The minimum Gasteiger partial charge on any atom is -0.396 e. The molecular weight excluding hydrogens is 275 g/mol. The van der Waals surface area contributed by atoms with Gasteiger partial charge in [-0.1, -0.05) is 25.3 Å². The molecule has 1 fully saturated rings. The third-order valence-corrected chi connectivity index (χ3v) is 4.29. The van der Waals surface area contributed by atoms with Crippen LogP contribution in [0, 0.1) is 21.3 Å². The zero-order valence-electron chi connectivity index (χ0n) is 12.0. The van der Waals surface area contributed by atoms with E-state index in [1.165, 1.54) is 18.6 Å². The first-order chi connectivity index (χ1) is 10.1. The highest BCUT2D eigenvalue weighted by Gasteiger charge is 2.30. The van der Waals surface area contributed by atoms with E-state index in [1.54, 1.807) is 6.07 Å². The van der Waals surface area contributed by atoms with Gasteiger partial charge in [0.15, 0.2) is 0 Å². The molecule has 0 heterocycles. The molecule has 0 atom stereocenters. The molecule has 0 radical (unpaired) electrons. The molecule has 1 aromatic rings. The van der Waals surface area contributed by atoms with Crippen molar-refractivity contribution in [3.8, 4) is 0 Å². The molecule has 2 rings (SSSR count). The molecule has 0 amide bonds. The number of nitro groups is 1. The number of rotatable bonds is 6. The Morgan fingerprint density at radius 1 is 1.33 bits per heavy atom. The summed E-state index contributed by atoms with van der Waals surface area (Å²) < 4.78 is 13.5. The van der Waals surface area contributed by atoms with Crippen LogP contribution in [0.1, 0.15) is 37.7 Å². The van der Waals surface area contributed by atoms with Gasteiger partial charge in [0.2, 0.25) is 5.82 Å². The van der Waals surface area contributed by atoms with Crippen LogP contribution in [0.4, 0.5) is 10.1 Å². The van der Waals surface area contributed by atoms with Crippen LogP contribution in [-0.4, -0.2) is 23.2 Å². The average molecular weight is 296 g/mol. The highest BCUT2D eigenvalue weighted by molar-refractivity contribution is 5.34. The van der Waals surface area contributed by atoms with Gasteiger partial charge >= 0.3 is 5.69 Å². The maximum Gasteiger partial charge on any atom is 0.304 e. The maximum absolute atomic E-state index is 13.5. The molecule has 1 aliphatic carbocycles. The minimum absolute atomic E-state index is 0.0719. The normalized spacial score (nSPS) is 17.6. The molecule has 1 aliphatic rings. The first-order valence-electron chi connectivity index (χ1n) is 7.31. The minimum atomic E-state index is -0.811. The fraction of sp³-hybridized carbons (Fsp3) is 0.600. The lowest BCUT2D eigenvalue weighted by Gasteiger charge is -2.35. The Labute approximate surface area is 123 Å². The summed E-state index contributed by atoms with van der Waals surface area (Å²) in [7, 11) is 0. The Morgan fingerprint density at radius 3 is 2.62 bits per heavy atom. The summed E-state index contributed by atoms with van der Waals surface area (Å²) >= 11 is 0. The second kappa shape index (κ2) is 6.95. The van der Waals surface area contributed by atoms with Crippen LogP contribution in [0.25, 0.3) is 0 Å². The van der Waals surface area contributed by atoms with Gasteiger partial charge in [0.25, 0.3) is 0 Å². The summed E-state index contributed by atoms with van der Waals surface area (Å²) in [6.45, 7) is 1.29. The zero-order valence-corrected chi connectivity index (χ0v) is 12.0. The standard InChI is InChI=1S/C15H21FN2O3/c16-13-8-12(4-5-14(13)18(20)21)9-17-10-15(11-19)6-2-1-3-7-15/h4-5,8,17,19H,1-3,6-7,9-11H2. The Morgan fingerprint density at radius 2 is 2.05 bits per heavy atom. The monoisotopic (exact) mass is 296 g/mol. The SMILES string of the molecule is O=[N+]([O-])c1ccc(CNCC2(CO)CCCCC2)cc1F. The maximum atomic E-state index is 13.5. The Kier molecular flexibility index (Phi) is 5.25. The van der Waals surface area contributed by atoms with Crippen molar-refractivity contribution in [1.29, 1.82) is 0 Å². The number of nitro benzene ring substituents is 1. The predicted molar refractivity (Wildman–Crippen MR) is 77.4 cm³/mol. The van der Waals surface area contributed by atoms with E-state index in [4.69, 9.17) is 0 Å². The number of hydrogen-bond donors (Lipinski definition) is 2. The van der Waals surface area contributed by atoms with E-state index in [2.05, 4.69) is 5.32 Å². The van der Waals surface area contributed by atoms with Crippen molar-refractivity contribution in [2.45, 2.75) is 38.6 Å². The highest BCUT2D eigenvalue weighted by Crippen LogP contribution is 2.35. The lowest BCUT2D eigenvalue weighted by Crippen LogP contribution is -2.38. The summed E-state index contributed by atoms with van der Waals surface area (Å²) in [5.74, 6) is -0.811. The van der Waals surface area contributed by atoms with Crippen molar-refractivity contribution in [2.24, 2.45) is 5.41 Å². The van der Waals surface area contributed by atoms with Gasteiger partial charge in [0.1, 0.15) is 0 Å². The molecular formula is C15H21FN2O3. The summed E-state index contributed by atoms with van der Waals surface area (Å²) in [6.07, 6.45) is 5.49. The van der Waals surface area contributed by atoms with E-state index in [0.29, 0.717) is 18.7 Å². The van der Waals surface area contributed by atoms with Crippen LogP contribution >= 0.6 is 0 Å². The van der Waals surface area contributed by atoms with Crippen LogP contribution in [0.3, 0.4) is 0 Å². The van der Waals surface area contributed by atoms with E-state index in [1.807, 2.05) is 0 Å². The Hall–Kier alpha value is -1.53. The van der Waals surface area contributed by atoms with Crippen LogP contribution in [0.2, 0.25) is 0 Å². The van der Waals surface area contributed by atoms with Crippen molar-refractivity contribution in [2.75, 3.05) is 13.2 Å². The predicted octanol–water partition coefficient (Wildman–Crippen LogP) is 2.77. The summed E-state index contributed by atoms with van der Waals surface area (Å²) in [4.78, 5) is 9.83. The molecule has 1 aromatic carbocycles. The van der Waals surface area contributed by atoms with E-state index in [9.17, 15) is 19.6 Å². The summed E-state index contributed by atoms with van der Waals surface area (Å²) in [6, 6.07) is 3.94. The molecule has 5 nitrogen and oxygen atoms in total. The van der Waals surface area contributed by atoms with E-state index in [0.717, 1.165) is 25.7 Å². The van der Waals surface area contributed by atoms with Crippen molar-refractivity contribution in [3.63, 3.8) is 0 Å². The molecule has 0 bridgehead atoms. The van der Waals surface area contributed by atoms with Crippen molar-refractivity contribution >= 4 is 5.69 Å². The van der Waals surface area contributed by atoms with Gasteiger partial charge in [-0.05, 0) is 24.5 Å². The van der Waals surface area contributed by atoms with Gasteiger partial charge in [0.05, 0.1) is 4.92 Å². The molecule has 1 saturated carbocycles. The molecule has 0 unspecified atom stereocenters. The largest absolute Gasteiger partial charge is 0.396 e. The smallest absolute Gasteiger partial charge is 0.304 e. The van der Waals surface area contributed by atoms with Crippen LogP contribution < -0.4 is 5.32 Å². The van der Waals surface area contributed by atoms with Gasteiger partial charge in [-0.25, -0.2) is 0 Å².